The summed E-state index contributed by atoms with van der Waals surface area (Å²) in [6.07, 6.45) is 0. The molecule has 0 aliphatic rings. The first kappa shape index (κ1) is 12.2. The van der Waals surface area contributed by atoms with Crippen LogP contribution in [0.15, 0.2) is 42.5 Å². The van der Waals surface area contributed by atoms with Gasteiger partial charge in [0.1, 0.15) is 11.6 Å². The van der Waals surface area contributed by atoms with Crippen LogP contribution in [0.2, 0.25) is 0 Å². The average Bonchev–Trinajstić information content (AvgIpc) is 2.40. The first-order valence-corrected chi connectivity index (χ1v) is 5.61. The predicted molar refractivity (Wildman–Crippen MR) is 71.1 cm³/mol. The van der Waals surface area contributed by atoms with Gasteiger partial charge < -0.3 is 15.8 Å². The smallest absolute Gasteiger partial charge is 0.148 e. The standard InChI is InChI=1S/C14H15FN2O/c1-18-12-4-2-3-10(7-12)9-17-11-5-6-14(16)13(15)8-11/h2-8,17H,9,16H2,1H3. The Morgan fingerprint density at radius 2 is 2.06 bits per heavy atom. The largest absolute Gasteiger partial charge is 0.497 e. The van der Waals surface area contributed by atoms with Crippen LogP contribution in [-0.4, -0.2) is 7.11 Å². The van der Waals surface area contributed by atoms with Gasteiger partial charge in [-0.25, -0.2) is 4.39 Å². The number of halogens is 1. The molecule has 0 heterocycles. The third-order valence-corrected chi connectivity index (χ3v) is 2.63. The van der Waals surface area contributed by atoms with Gasteiger partial charge in [0.25, 0.3) is 0 Å². The maximum Gasteiger partial charge on any atom is 0.148 e. The molecule has 0 amide bonds. The second-order valence-electron chi connectivity index (χ2n) is 3.94. The third kappa shape index (κ3) is 2.91. The number of nitrogen functional groups attached to an aromatic ring is 1. The van der Waals surface area contributed by atoms with Crippen molar-refractivity contribution in [3.05, 3.63) is 53.8 Å². The van der Waals surface area contributed by atoms with Crippen LogP contribution < -0.4 is 15.8 Å². The second-order valence-corrected chi connectivity index (χ2v) is 3.94. The van der Waals surface area contributed by atoms with Crippen molar-refractivity contribution in [1.29, 1.82) is 0 Å². The molecular formula is C14H15FN2O. The lowest BCUT2D eigenvalue weighted by molar-refractivity contribution is 0.414. The summed E-state index contributed by atoms with van der Waals surface area (Å²) in [5.74, 6) is 0.392. The molecule has 0 aliphatic heterocycles. The minimum Gasteiger partial charge on any atom is -0.497 e. The van der Waals surface area contributed by atoms with Gasteiger partial charge in [-0.1, -0.05) is 12.1 Å². The maximum absolute atomic E-state index is 13.2. The zero-order chi connectivity index (χ0) is 13.0. The van der Waals surface area contributed by atoms with E-state index in [0.29, 0.717) is 12.2 Å². The molecule has 0 saturated carbocycles. The van der Waals surface area contributed by atoms with Crippen LogP contribution in [0.3, 0.4) is 0 Å². The van der Waals surface area contributed by atoms with Crippen LogP contribution in [-0.2, 0) is 6.54 Å². The van der Waals surface area contributed by atoms with Gasteiger partial charge in [-0.3, -0.25) is 0 Å². The number of ether oxygens (including phenoxy) is 1. The number of rotatable bonds is 4. The predicted octanol–water partition coefficient (Wildman–Crippen LogP) is 3.03. The van der Waals surface area contributed by atoms with Gasteiger partial charge in [-0.05, 0) is 35.9 Å². The molecule has 0 atom stereocenters. The quantitative estimate of drug-likeness (QED) is 0.815. The van der Waals surface area contributed by atoms with E-state index >= 15 is 0 Å². The molecular weight excluding hydrogens is 231 g/mol. The fourth-order valence-electron chi connectivity index (χ4n) is 1.62. The van der Waals surface area contributed by atoms with E-state index in [1.54, 1.807) is 19.2 Å². The number of nitrogens with two attached hydrogens (primary N) is 1. The molecule has 3 N–H and O–H groups in total. The molecule has 94 valence electrons. The molecule has 2 rings (SSSR count). The molecule has 2 aromatic rings. The summed E-state index contributed by atoms with van der Waals surface area (Å²) in [5.41, 5.74) is 7.33. The topological polar surface area (TPSA) is 47.3 Å². The summed E-state index contributed by atoms with van der Waals surface area (Å²) >= 11 is 0. The lowest BCUT2D eigenvalue weighted by atomic mass is 10.2. The van der Waals surface area contributed by atoms with E-state index in [-0.39, 0.29) is 5.69 Å². The van der Waals surface area contributed by atoms with Crippen LogP contribution in [0.4, 0.5) is 15.8 Å². The van der Waals surface area contributed by atoms with Gasteiger partial charge >= 0.3 is 0 Å². The van der Waals surface area contributed by atoms with Crippen LogP contribution in [0.25, 0.3) is 0 Å². The minimum atomic E-state index is -0.411. The van der Waals surface area contributed by atoms with Gasteiger partial charge in [-0.2, -0.15) is 0 Å². The van der Waals surface area contributed by atoms with Crippen molar-refractivity contribution in [3.8, 4) is 5.75 Å². The molecule has 0 unspecified atom stereocenters. The van der Waals surface area contributed by atoms with Crippen molar-refractivity contribution in [2.45, 2.75) is 6.54 Å². The number of hydrogen-bond donors (Lipinski definition) is 2. The molecule has 0 aromatic heterocycles. The molecule has 0 bridgehead atoms. The highest BCUT2D eigenvalue weighted by Gasteiger charge is 2.00. The summed E-state index contributed by atoms with van der Waals surface area (Å²) in [7, 11) is 1.63. The lowest BCUT2D eigenvalue weighted by Gasteiger charge is -2.08. The molecule has 0 spiro atoms. The average molecular weight is 246 g/mol. The fourth-order valence-corrected chi connectivity index (χ4v) is 1.62. The van der Waals surface area contributed by atoms with E-state index in [1.165, 1.54) is 6.07 Å². The Morgan fingerprint density at radius 1 is 1.22 bits per heavy atom. The SMILES string of the molecule is COc1cccc(CNc2ccc(N)c(F)c2)c1. The molecule has 2 aromatic carbocycles. The Morgan fingerprint density at radius 3 is 2.78 bits per heavy atom. The van der Waals surface area contributed by atoms with Crippen molar-refractivity contribution in [3.63, 3.8) is 0 Å². The van der Waals surface area contributed by atoms with E-state index < -0.39 is 5.82 Å². The molecule has 4 heteroatoms. The Labute approximate surface area is 105 Å². The van der Waals surface area contributed by atoms with E-state index in [9.17, 15) is 4.39 Å². The van der Waals surface area contributed by atoms with Crippen LogP contribution in [0.5, 0.6) is 5.75 Å². The van der Waals surface area contributed by atoms with Gasteiger partial charge in [0.2, 0.25) is 0 Å². The van der Waals surface area contributed by atoms with E-state index in [1.807, 2.05) is 24.3 Å². The summed E-state index contributed by atoms with van der Waals surface area (Å²) in [4.78, 5) is 0. The Hall–Kier alpha value is -2.23. The first-order valence-electron chi connectivity index (χ1n) is 5.61. The maximum atomic E-state index is 13.2. The van der Waals surface area contributed by atoms with Crippen molar-refractivity contribution in [1.82, 2.24) is 0 Å². The highest BCUT2D eigenvalue weighted by Crippen LogP contribution is 2.18. The first-order chi connectivity index (χ1) is 8.69. The summed E-state index contributed by atoms with van der Waals surface area (Å²) in [5, 5.41) is 3.13. The summed E-state index contributed by atoms with van der Waals surface area (Å²) in [6.45, 7) is 0.598. The zero-order valence-corrected chi connectivity index (χ0v) is 10.1. The van der Waals surface area contributed by atoms with Crippen molar-refractivity contribution < 1.29 is 9.13 Å². The Balaban J connectivity index is 2.04. The molecule has 0 aliphatic carbocycles. The van der Waals surface area contributed by atoms with Crippen molar-refractivity contribution >= 4 is 11.4 Å². The highest BCUT2D eigenvalue weighted by molar-refractivity contribution is 5.52. The van der Waals surface area contributed by atoms with Crippen LogP contribution >= 0.6 is 0 Å². The highest BCUT2D eigenvalue weighted by atomic mass is 19.1. The van der Waals surface area contributed by atoms with Gasteiger partial charge in [-0.15, -0.1) is 0 Å². The monoisotopic (exact) mass is 246 g/mol. The Kier molecular flexibility index (Phi) is 3.67. The Bertz CT molecular complexity index is 543. The lowest BCUT2D eigenvalue weighted by Crippen LogP contribution is -2.01. The summed E-state index contributed by atoms with van der Waals surface area (Å²) in [6, 6.07) is 12.4. The van der Waals surface area contributed by atoms with Gasteiger partial charge in [0.05, 0.1) is 12.8 Å². The van der Waals surface area contributed by atoms with E-state index in [0.717, 1.165) is 11.3 Å². The summed E-state index contributed by atoms with van der Waals surface area (Å²) < 4.78 is 18.4. The van der Waals surface area contributed by atoms with Gasteiger partial charge in [0.15, 0.2) is 0 Å². The number of benzene rings is 2. The number of anilines is 2. The fraction of sp³-hybridized carbons (Fsp3) is 0.143. The van der Waals surface area contributed by atoms with E-state index in [2.05, 4.69) is 5.32 Å². The number of methoxy groups -OCH3 is 1. The molecule has 0 fully saturated rings. The van der Waals surface area contributed by atoms with Crippen molar-refractivity contribution in [2.75, 3.05) is 18.2 Å². The van der Waals surface area contributed by atoms with E-state index in [4.69, 9.17) is 10.5 Å². The molecule has 0 saturated heterocycles. The van der Waals surface area contributed by atoms with Crippen LogP contribution in [0.1, 0.15) is 5.56 Å². The van der Waals surface area contributed by atoms with Gasteiger partial charge in [0, 0.05) is 12.2 Å². The van der Waals surface area contributed by atoms with Crippen molar-refractivity contribution in [2.24, 2.45) is 0 Å². The normalized spacial score (nSPS) is 10.1. The van der Waals surface area contributed by atoms with Crippen LogP contribution in [0, 0.1) is 5.82 Å². The minimum absolute atomic E-state index is 0.155. The number of nitrogens with one attached hydrogen (secondary N) is 1. The third-order valence-electron chi connectivity index (χ3n) is 2.63. The number of hydrogen-bond acceptors (Lipinski definition) is 3. The molecule has 18 heavy (non-hydrogen) atoms. The molecule has 3 nitrogen and oxygen atoms in total. The second kappa shape index (κ2) is 5.40. The zero-order valence-electron chi connectivity index (χ0n) is 10.1. The molecule has 0 radical (unpaired) electrons.